The summed E-state index contributed by atoms with van der Waals surface area (Å²) in [7, 11) is 1.60. The molecule has 1 heterocycles. The molecule has 146 valence electrons. The lowest BCUT2D eigenvalue weighted by atomic mass is 10.1. The second-order valence-corrected chi connectivity index (χ2v) is 7.29. The molecule has 6 nitrogen and oxygen atoms in total. The van der Waals surface area contributed by atoms with E-state index in [1.807, 2.05) is 49.4 Å². The zero-order chi connectivity index (χ0) is 20.1. The molecule has 0 aliphatic carbocycles. The molecule has 0 N–H and O–H groups in total. The number of nitrogens with zero attached hydrogens (tertiary/aromatic N) is 2. The Labute approximate surface area is 167 Å². The fourth-order valence-electron chi connectivity index (χ4n) is 2.78. The van der Waals surface area contributed by atoms with Gasteiger partial charge in [-0.1, -0.05) is 41.2 Å². The van der Waals surface area contributed by atoms with Gasteiger partial charge in [-0.3, -0.25) is 9.59 Å². The molecule has 0 fully saturated rings. The third-order valence-electron chi connectivity index (χ3n) is 4.18. The molecule has 0 saturated carbocycles. The molecule has 3 aromatic rings. The number of methoxy groups -OCH3 is 1. The van der Waals surface area contributed by atoms with Crippen LogP contribution < -0.4 is 9.54 Å². The average molecular weight is 398 g/mol. The lowest BCUT2D eigenvalue weighted by molar-refractivity contribution is -0.143. The van der Waals surface area contributed by atoms with E-state index in [4.69, 9.17) is 9.47 Å². The number of ether oxygens (including phenoxy) is 2. The standard InChI is InChI=1S/C21H22N2O4S/c1-4-27-20(25)13-23-17-10-9-16(26-3)12-18(17)28-21(23)22-19(24)11-15-7-5-14(2)6-8-15/h5-10,12H,4,11,13H2,1-3H3. The Morgan fingerprint density at radius 3 is 2.57 bits per heavy atom. The maximum absolute atomic E-state index is 12.5. The largest absolute Gasteiger partial charge is 0.497 e. The normalized spacial score (nSPS) is 11.6. The minimum atomic E-state index is -0.370. The Hall–Kier alpha value is -2.93. The van der Waals surface area contributed by atoms with Crippen molar-refractivity contribution in [2.45, 2.75) is 26.8 Å². The number of hydrogen-bond donors (Lipinski definition) is 0. The van der Waals surface area contributed by atoms with Gasteiger partial charge in [0, 0.05) is 0 Å². The van der Waals surface area contributed by atoms with Crippen molar-refractivity contribution in [2.24, 2.45) is 4.99 Å². The summed E-state index contributed by atoms with van der Waals surface area (Å²) >= 11 is 1.34. The van der Waals surface area contributed by atoms with Crippen molar-refractivity contribution in [1.82, 2.24) is 4.57 Å². The minimum absolute atomic E-state index is 0.00316. The van der Waals surface area contributed by atoms with Gasteiger partial charge in [-0.25, -0.2) is 0 Å². The van der Waals surface area contributed by atoms with Crippen LogP contribution in [0.1, 0.15) is 18.1 Å². The second-order valence-electron chi connectivity index (χ2n) is 6.28. The zero-order valence-electron chi connectivity index (χ0n) is 16.1. The number of aryl methyl sites for hydroxylation is 1. The molecular weight excluding hydrogens is 376 g/mol. The van der Waals surface area contributed by atoms with Gasteiger partial charge in [0.1, 0.15) is 12.3 Å². The highest BCUT2D eigenvalue weighted by atomic mass is 32.1. The summed E-state index contributed by atoms with van der Waals surface area (Å²) in [5, 5.41) is 0. The van der Waals surface area contributed by atoms with E-state index in [9.17, 15) is 9.59 Å². The molecule has 28 heavy (non-hydrogen) atoms. The first kappa shape index (κ1) is 19.8. The number of esters is 1. The van der Waals surface area contributed by atoms with Crippen LogP contribution in [0, 0.1) is 6.92 Å². The first-order valence-corrected chi connectivity index (χ1v) is 9.78. The van der Waals surface area contributed by atoms with E-state index in [2.05, 4.69) is 4.99 Å². The molecule has 0 aliphatic rings. The smallest absolute Gasteiger partial charge is 0.326 e. The molecule has 1 aromatic heterocycles. The molecule has 0 bridgehead atoms. The van der Waals surface area contributed by atoms with E-state index in [1.54, 1.807) is 18.6 Å². The van der Waals surface area contributed by atoms with Gasteiger partial charge < -0.3 is 14.0 Å². The number of hydrogen-bond acceptors (Lipinski definition) is 5. The lowest BCUT2D eigenvalue weighted by Gasteiger charge is -2.05. The first-order chi connectivity index (χ1) is 13.5. The zero-order valence-corrected chi connectivity index (χ0v) is 16.9. The number of rotatable bonds is 6. The third-order valence-corrected chi connectivity index (χ3v) is 5.22. The van der Waals surface area contributed by atoms with Crippen molar-refractivity contribution in [3.05, 3.63) is 58.4 Å². The summed E-state index contributed by atoms with van der Waals surface area (Å²) < 4.78 is 12.9. The number of fused-ring (bicyclic) bond motifs is 1. The van der Waals surface area contributed by atoms with Crippen molar-refractivity contribution >= 4 is 33.4 Å². The molecule has 3 rings (SSSR count). The van der Waals surface area contributed by atoms with E-state index in [-0.39, 0.29) is 24.8 Å². The van der Waals surface area contributed by atoms with Crippen molar-refractivity contribution in [3.8, 4) is 5.75 Å². The molecule has 1 amide bonds. The lowest BCUT2D eigenvalue weighted by Crippen LogP contribution is -2.23. The third kappa shape index (κ3) is 4.67. The highest BCUT2D eigenvalue weighted by molar-refractivity contribution is 7.16. The number of benzene rings is 2. The predicted octanol–water partition coefficient (Wildman–Crippen LogP) is 3.25. The molecule has 0 unspecified atom stereocenters. The fourth-order valence-corrected chi connectivity index (χ4v) is 3.86. The van der Waals surface area contributed by atoms with Crippen LogP contribution in [0.25, 0.3) is 10.2 Å². The summed E-state index contributed by atoms with van der Waals surface area (Å²) in [4.78, 5) is 29.3. The van der Waals surface area contributed by atoms with Crippen LogP contribution >= 0.6 is 11.3 Å². The van der Waals surface area contributed by atoms with Crippen molar-refractivity contribution in [2.75, 3.05) is 13.7 Å². The summed E-state index contributed by atoms with van der Waals surface area (Å²) in [6.07, 6.45) is 0.206. The number of aromatic nitrogens is 1. The summed E-state index contributed by atoms with van der Waals surface area (Å²) in [5.41, 5.74) is 2.85. The van der Waals surface area contributed by atoms with Crippen LogP contribution in [0.15, 0.2) is 47.5 Å². The average Bonchev–Trinajstić information content (AvgIpc) is 2.99. The quantitative estimate of drug-likeness (QED) is 0.598. The van der Waals surface area contributed by atoms with Crippen LogP contribution in [0.2, 0.25) is 0 Å². The molecule has 0 aliphatic heterocycles. The topological polar surface area (TPSA) is 69.9 Å². The molecule has 2 aromatic carbocycles. The van der Waals surface area contributed by atoms with Crippen LogP contribution in [0.5, 0.6) is 5.75 Å². The Balaban J connectivity index is 1.99. The van der Waals surface area contributed by atoms with E-state index < -0.39 is 0 Å². The molecule has 7 heteroatoms. The summed E-state index contributed by atoms with van der Waals surface area (Å²) in [6.45, 7) is 4.06. The van der Waals surface area contributed by atoms with E-state index in [0.29, 0.717) is 17.2 Å². The molecule has 0 saturated heterocycles. The molecule has 0 radical (unpaired) electrons. The Bertz CT molecular complexity index is 1060. The van der Waals surface area contributed by atoms with E-state index in [0.717, 1.165) is 21.3 Å². The maximum Gasteiger partial charge on any atom is 0.326 e. The van der Waals surface area contributed by atoms with Gasteiger partial charge in [-0.2, -0.15) is 4.99 Å². The van der Waals surface area contributed by atoms with E-state index in [1.165, 1.54) is 11.3 Å². The van der Waals surface area contributed by atoms with Crippen LogP contribution in [-0.2, 0) is 27.3 Å². The van der Waals surface area contributed by atoms with Crippen LogP contribution in [0.3, 0.4) is 0 Å². The fraction of sp³-hybridized carbons (Fsp3) is 0.286. The number of thiazole rings is 1. The van der Waals surface area contributed by atoms with Gasteiger partial charge in [-0.05, 0) is 37.6 Å². The first-order valence-electron chi connectivity index (χ1n) is 8.96. The molecule has 0 spiro atoms. The van der Waals surface area contributed by atoms with Crippen molar-refractivity contribution < 1.29 is 19.1 Å². The van der Waals surface area contributed by atoms with Gasteiger partial charge in [-0.15, -0.1) is 0 Å². The second kappa shape index (κ2) is 8.84. The summed E-state index contributed by atoms with van der Waals surface area (Å²) in [5.74, 6) is 0.0694. The predicted molar refractivity (Wildman–Crippen MR) is 108 cm³/mol. The molecule has 0 atom stereocenters. The van der Waals surface area contributed by atoms with Gasteiger partial charge in [0.25, 0.3) is 5.91 Å². The van der Waals surface area contributed by atoms with Crippen LogP contribution in [-0.4, -0.2) is 30.2 Å². The van der Waals surface area contributed by atoms with Gasteiger partial charge in [0.05, 0.1) is 30.4 Å². The number of amides is 1. The van der Waals surface area contributed by atoms with Gasteiger partial charge >= 0.3 is 5.97 Å². The number of carbonyl (C=O) groups excluding carboxylic acids is 2. The number of carbonyl (C=O) groups is 2. The van der Waals surface area contributed by atoms with E-state index >= 15 is 0 Å². The van der Waals surface area contributed by atoms with Crippen LogP contribution in [0.4, 0.5) is 0 Å². The monoisotopic (exact) mass is 398 g/mol. The van der Waals surface area contributed by atoms with Crippen molar-refractivity contribution in [3.63, 3.8) is 0 Å². The molecular formula is C21H22N2O4S. The SMILES string of the molecule is CCOC(=O)Cn1c(=NC(=O)Cc2ccc(C)cc2)sc2cc(OC)ccc21. The highest BCUT2D eigenvalue weighted by Gasteiger charge is 2.13. The van der Waals surface area contributed by atoms with Crippen molar-refractivity contribution in [1.29, 1.82) is 0 Å². The maximum atomic E-state index is 12.5. The summed E-state index contributed by atoms with van der Waals surface area (Å²) in [6, 6.07) is 13.3. The Kier molecular flexibility index (Phi) is 6.26. The minimum Gasteiger partial charge on any atom is -0.497 e. The van der Waals surface area contributed by atoms with Gasteiger partial charge in [0.15, 0.2) is 4.80 Å². The Morgan fingerprint density at radius 1 is 1.14 bits per heavy atom. The Morgan fingerprint density at radius 2 is 1.89 bits per heavy atom. The highest BCUT2D eigenvalue weighted by Crippen LogP contribution is 2.23. The van der Waals surface area contributed by atoms with Gasteiger partial charge in [0.2, 0.25) is 0 Å².